The first-order valence-electron chi connectivity index (χ1n) is 4.87. The molecule has 0 spiro atoms. The monoisotopic (exact) mass is 236 g/mol. The number of carbonyl (C=O) groups is 3. The van der Waals surface area contributed by atoms with E-state index in [2.05, 4.69) is 5.32 Å². The van der Waals surface area contributed by atoms with Crippen LogP contribution in [0.3, 0.4) is 0 Å². The Balaban J connectivity index is 2.79. The topological polar surface area (TPSA) is 109 Å². The summed E-state index contributed by atoms with van der Waals surface area (Å²) in [7, 11) is 0. The van der Waals surface area contributed by atoms with E-state index in [9.17, 15) is 14.4 Å². The van der Waals surface area contributed by atoms with Crippen LogP contribution in [0.5, 0.6) is 0 Å². The molecule has 0 saturated carbocycles. The molecule has 0 bridgehead atoms. The summed E-state index contributed by atoms with van der Waals surface area (Å²) < 4.78 is 0. The molecule has 0 aromatic heterocycles. The lowest BCUT2D eigenvalue weighted by Gasteiger charge is -2.08. The van der Waals surface area contributed by atoms with Gasteiger partial charge in [0.15, 0.2) is 0 Å². The van der Waals surface area contributed by atoms with Crippen LogP contribution in [0.4, 0.5) is 5.69 Å². The Bertz CT molecular complexity index is 457. The summed E-state index contributed by atoms with van der Waals surface area (Å²) in [5.74, 6) is -2.38. The average molecular weight is 236 g/mol. The second-order valence-corrected chi connectivity index (χ2v) is 3.42. The van der Waals surface area contributed by atoms with E-state index < -0.39 is 24.2 Å². The second kappa shape index (κ2) is 5.64. The van der Waals surface area contributed by atoms with Gasteiger partial charge in [0.05, 0.1) is 6.42 Å². The molecule has 0 aliphatic carbocycles. The summed E-state index contributed by atoms with van der Waals surface area (Å²) in [5.41, 5.74) is 6.01. The van der Waals surface area contributed by atoms with Gasteiger partial charge >= 0.3 is 5.97 Å². The predicted octanol–water partition coefficient (Wildman–Crippen LogP) is 0.128. The third kappa shape index (κ3) is 4.33. The highest BCUT2D eigenvalue weighted by atomic mass is 16.4. The molecule has 6 nitrogen and oxygen atoms in total. The van der Waals surface area contributed by atoms with Crippen LogP contribution in [0.1, 0.15) is 12.0 Å². The lowest BCUT2D eigenvalue weighted by atomic mass is 10.1. The molecular weight excluding hydrogens is 224 g/mol. The molecule has 0 heterocycles. The fourth-order valence-corrected chi connectivity index (χ4v) is 1.32. The number of aliphatic carboxylic acids is 1. The Hall–Kier alpha value is -2.37. The highest BCUT2D eigenvalue weighted by molar-refractivity contribution is 6.01. The number of carbonyl (C=O) groups excluding carboxylic acids is 2. The number of primary amides is 1. The van der Waals surface area contributed by atoms with E-state index in [4.69, 9.17) is 10.8 Å². The number of benzene rings is 1. The van der Waals surface area contributed by atoms with Gasteiger partial charge < -0.3 is 16.2 Å². The molecule has 0 saturated heterocycles. The molecule has 17 heavy (non-hydrogen) atoms. The second-order valence-electron chi connectivity index (χ2n) is 3.42. The molecule has 2 amide bonds. The van der Waals surface area contributed by atoms with E-state index in [0.29, 0.717) is 11.3 Å². The summed E-state index contributed by atoms with van der Waals surface area (Å²) in [6, 6.07) is 6.59. The van der Waals surface area contributed by atoms with Crippen molar-refractivity contribution in [3.05, 3.63) is 29.8 Å². The van der Waals surface area contributed by atoms with Crippen LogP contribution < -0.4 is 11.1 Å². The number of hydrogen-bond acceptors (Lipinski definition) is 3. The van der Waals surface area contributed by atoms with Crippen LogP contribution in [0.2, 0.25) is 0 Å². The Morgan fingerprint density at radius 1 is 1.24 bits per heavy atom. The number of nitrogens with two attached hydrogens (primary N) is 1. The minimum atomic E-state index is -1.21. The Kier molecular flexibility index (Phi) is 4.21. The highest BCUT2D eigenvalue weighted by Crippen LogP contribution is 2.15. The largest absolute Gasteiger partial charge is 0.481 e. The lowest BCUT2D eigenvalue weighted by molar-refractivity contribution is -0.139. The van der Waals surface area contributed by atoms with Crippen molar-refractivity contribution in [2.24, 2.45) is 5.73 Å². The first kappa shape index (κ1) is 12.7. The zero-order valence-electron chi connectivity index (χ0n) is 8.97. The van der Waals surface area contributed by atoms with Crippen molar-refractivity contribution in [2.75, 3.05) is 5.32 Å². The smallest absolute Gasteiger partial charge is 0.312 e. The summed E-state index contributed by atoms with van der Waals surface area (Å²) in [6.07, 6.45) is -0.631. The molecular formula is C11H12N2O4. The number of anilines is 1. The minimum absolute atomic E-state index is 0.0104. The summed E-state index contributed by atoms with van der Waals surface area (Å²) in [6.45, 7) is 0. The molecule has 6 heteroatoms. The number of rotatable bonds is 5. The average Bonchev–Trinajstić information content (AvgIpc) is 2.18. The normalized spacial score (nSPS) is 9.65. The summed E-state index contributed by atoms with van der Waals surface area (Å²) in [5, 5.41) is 10.9. The number of nitrogens with one attached hydrogen (secondary N) is 1. The molecule has 90 valence electrons. The molecule has 0 aliphatic heterocycles. The van der Waals surface area contributed by atoms with Gasteiger partial charge in [-0.25, -0.2) is 0 Å². The maximum absolute atomic E-state index is 11.3. The van der Waals surface area contributed by atoms with Crippen molar-refractivity contribution in [1.29, 1.82) is 0 Å². The molecule has 0 fully saturated rings. The summed E-state index contributed by atoms with van der Waals surface area (Å²) in [4.78, 5) is 32.4. The van der Waals surface area contributed by atoms with Crippen LogP contribution in [0, 0.1) is 0 Å². The third-order valence-corrected chi connectivity index (χ3v) is 1.97. The van der Waals surface area contributed by atoms with Crippen molar-refractivity contribution in [3.63, 3.8) is 0 Å². The van der Waals surface area contributed by atoms with E-state index in [0.717, 1.165) is 0 Å². The van der Waals surface area contributed by atoms with Crippen molar-refractivity contribution in [3.8, 4) is 0 Å². The number of carboxylic acid groups (broad SMARTS) is 1. The molecule has 1 aromatic carbocycles. The standard InChI is InChI=1S/C11H12N2O4/c12-9(14)5-7-3-1-2-4-8(7)13-10(15)6-11(16)17/h1-4H,5-6H2,(H2,12,14)(H,13,15)(H,16,17). The number of carboxylic acids is 1. The lowest BCUT2D eigenvalue weighted by Crippen LogP contribution is -2.19. The molecule has 0 aliphatic rings. The molecule has 0 radical (unpaired) electrons. The zero-order valence-corrected chi connectivity index (χ0v) is 8.97. The van der Waals surface area contributed by atoms with Crippen LogP contribution in [0.15, 0.2) is 24.3 Å². The fourth-order valence-electron chi connectivity index (χ4n) is 1.32. The molecule has 0 atom stereocenters. The van der Waals surface area contributed by atoms with Crippen molar-refractivity contribution in [1.82, 2.24) is 0 Å². The van der Waals surface area contributed by atoms with E-state index in [1.807, 2.05) is 0 Å². The van der Waals surface area contributed by atoms with E-state index >= 15 is 0 Å². The van der Waals surface area contributed by atoms with E-state index in [1.165, 1.54) is 0 Å². The Morgan fingerprint density at radius 2 is 1.88 bits per heavy atom. The van der Waals surface area contributed by atoms with Gasteiger partial charge in [-0.1, -0.05) is 18.2 Å². The van der Waals surface area contributed by atoms with Gasteiger partial charge in [0, 0.05) is 5.69 Å². The molecule has 4 N–H and O–H groups in total. The summed E-state index contributed by atoms with van der Waals surface area (Å²) >= 11 is 0. The Morgan fingerprint density at radius 3 is 2.47 bits per heavy atom. The first-order valence-corrected chi connectivity index (χ1v) is 4.87. The first-order chi connectivity index (χ1) is 7.99. The van der Waals surface area contributed by atoms with Gasteiger partial charge in [0.1, 0.15) is 6.42 Å². The van der Waals surface area contributed by atoms with Gasteiger partial charge in [0.2, 0.25) is 11.8 Å². The number of amides is 2. The van der Waals surface area contributed by atoms with E-state index in [1.54, 1.807) is 24.3 Å². The maximum Gasteiger partial charge on any atom is 0.312 e. The predicted molar refractivity (Wildman–Crippen MR) is 60.2 cm³/mol. The molecule has 0 unspecified atom stereocenters. The molecule has 1 rings (SSSR count). The van der Waals surface area contributed by atoms with Crippen molar-refractivity contribution >= 4 is 23.5 Å². The van der Waals surface area contributed by atoms with Gasteiger partial charge in [0.25, 0.3) is 0 Å². The fraction of sp³-hybridized carbons (Fsp3) is 0.182. The van der Waals surface area contributed by atoms with Crippen LogP contribution in [0.25, 0.3) is 0 Å². The highest BCUT2D eigenvalue weighted by Gasteiger charge is 2.11. The van der Waals surface area contributed by atoms with Gasteiger partial charge in [-0.15, -0.1) is 0 Å². The van der Waals surface area contributed by atoms with Gasteiger partial charge in [-0.3, -0.25) is 14.4 Å². The number of hydrogen-bond donors (Lipinski definition) is 3. The SMILES string of the molecule is NC(=O)Cc1ccccc1NC(=O)CC(=O)O. The Labute approximate surface area is 97.4 Å². The third-order valence-electron chi connectivity index (χ3n) is 1.97. The minimum Gasteiger partial charge on any atom is -0.481 e. The quantitative estimate of drug-likeness (QED) is 0.631. The maximum atomic E-state index is 11.3. The molecule has 1 aromatic rings. The van der Waals surface area contributed by atoms with Crippen molar-refractivity contribution < 1.29 is 19.5 Å². The van der Waals surface area contributed by atoms with Gasteiger partial charge in [-0.05, 0) is 11.6 Å². The van der Waals surface area contributed by atoms with Crippen LogP contribution >= 0.6 is 0 Å². The van der Waals surface area contributed by atoms with Crippen LogP contribution in [-0.4, -0.2) is 22.9 Å². The van der Waals surface area contributed by atoms with Gasteiger partial charge in [-0.2, -0.15) is 0 Å². The van der Waals surface area contributed by atoms with E-state index in [-0.39, 0.29) is 6.42 Å². The van der Waals surface area contributed by atoms with Crippen LogP contribution in [-0.2, 0) is 20.8 Å². The van der Waals surface area contributed by atoms with Crippen molar-refractivity contribution in [2.45, 2.75) is 12.8 Å². The number of para-hydroxylation sites is 1. The zero-order chi connectivity index (χ0) is 12.8.